The number of cyclic esters (lactones) is 1. The Bertz CT molecular complexity index is 337. The van der Waals surface area contributed by atoms with Gasteiger partial charge in [-0.05, 0) is 12.5 Å². The first-order chi connectivity index (χ1) is 7.25. The number of benzene rings is 1. The van der Waals surface area contributed by atoms with Crippen LogP contribution in [0.25, 0.3) is 0 Å². The van der Waals surface area contributed by atoms with Gasteiger partial charge in [0.05, 0.1) is 0 Å². The highest BCUT2D eigenvalue weighted by Crippen LogP contribution is 2.14. The molecule has 1 saturated heterocycles. The standard InChI is InChI=1S/C12H15NO2/c1-10-7-8-13(12(14)15-10)9-11-5-3-2-4-6-11/h2-6,10H,7-9H2,1H3. The number of carbonyl (C=O) groups excluding carboxylic acids is 1. The summed E-state index contributed by atoms with van der Waals surface area (Å²) < 4.78 is 5.16. The maximum Gasteiger partial charge on any atom is 0.410 e. The number of nitrogens with zero attached hydrogens (tertiary/aromatic N) is 1. The van der Waals surface area contributed by atoms with Crippen LogP contribution in [0.1, 0.15) is 18.9 Å². The zero-order chi connectivity index (χ0) is 10.7. The summed E-state index contributed by atoms with van der Waals surface area (Å²) in [6.07, 6.45) is 0.778. The number of amides is 1. The summed E-state index contributed by atoms with van der Waals surface area (Å²) in [4.78, 5) is 13.3. The first-order valence-corrected chi connectivity index (χ1v) is 5.25. The van der Waals surface area contributed by atoms with Crippen molar-refractivity contribution in [1.29, 1.82) is 0 Å². The smallest absolute Gasteiger partial charge is 0.410 e. The molecule has 1 aliphatic rings. The number of hydrogen-bond donors (Lipinski definition) is 0. The van der Waals surface area contributed by atoms with Crippen molar-refractivity contribution in [3.8, 4) is 0 Å². The zero-order valence-electron chi connectivity index (χ0n) is 8.85. The van der Waals surface area contributed by atoms with Crippen LogP contribution in [0, 0.1) is 0 Å². The fourth-order valence-electron chi connectivity index (χ4n) is 1.68. The van der Waals surface area contributed by atoms with Gasteiger partial charge >= 0.3 is 6.09 Å². The van der Waals surface area contributed by atoms with Crippen LogP contribution in [-0.4, -0.2) is 23.6 Å². The monoisotopic (exact) mass is 205 g/mol. The molecule has 0 saturated carbocycles. The van der Waals surface area contributed by atoms with Crippen molar-refractivity contribution < 1.29 is 9.53 Å². The van der Waals surface area contributed by atoms with E-state index in [1.165, 1.54) is 0 Å². The Labute approximate surface area is 89.7 Å². The minimum absolute atomic E-state index is 0.0597. The molecule has 1 unspecified atom stereocenters. The third-order valence-electron chi connectivity index (χ3n) is 2.58. The van der Waals surface area contributed by atoms with Gasteiger partial charge in [-0.3, -0.25) is 0 Å². The summed E-state index contributed by atoms with van der Waals surface area (Å²) in [5.74, 6) is 0. The number of hydrogen-bond acceptors (Lipinski definition) is 2. The summed E-state index contributed by atoms with van der Waals surface area (Å²) in [6.45, 7) is 3.36. The van der Waals surface area contributed by atoms with Crippen molar-refractivity contribution in [3.63, 3.8) is 0 Å². The summed E-state index contributed by atoms with van der Waals surface area (Å²) in [5.41, 5.74) is 1.14. The predicted octanol–water partition coefficient (Wildman–Crippen LogP) is 2.42. The van der Waals surface area contributed by atoms with Crippen LogP contribution in [0.15, 0.2) is 30.3 Å². The van der Waals surface area contributed by atoms with E-state index in [9.17, 15) is 4.79 Å². The molecule has 0 aliphatic carbocycles. The molecule has 1 atom stereocenters. The minimum atomic E-state index is -0.197. The SMILES string of the molecule is CC1CCN(Cc2ccccc2)C(=O)O1. The van der Waals surface area contributed by atoms with E-state index in [1.807, 2.05) is 37.3 Å². The van der Waals surface area contributed by atoms with Crippen LogP contribution in [0.5, 0.6) is 0 Å². The Balaban J connectivity index is 1.98. The second-order valence-corrected chi connectivity index (χ2v) is 3.89. The molecule has 1 aromatic rings. The van der Waals surface area contributed by atoms with Gasteiger partial charge in [-0.15, -0.1) is 0 Å². The van der Waals surface area contributed by atoms with E-state index in [-0.39, 0.29) is 12.2 Å². The Morgan fingerprint density at radius 3 is 2.80 bits per heavy atom. The molecule has 80 valence electrons. The van der Waals surface area contributed by atoms with Crippen molar-refractivity contribution >= 4 is 6.09 Å². The maximum atomic E-state index is 11.5. The number of ether oxygens (including phenoxy) is 1. The largest absolute Gasteiger partial charge is 0.446 e. The lowest BCUT2D eigenvalue weighted by Crippen LogP contribution is -2.40. The highest BCUT2D eigenvalue weighted by atomic mass is 16.6. The lowest BCUT2D eigenvalue weighted by molar-refractivity contribution is 0.0307. The Morgan fingerprint density at radius 2 is 2.13 bits per heavy atom. The number of rotatable bonds is 2. The molecule has 3 heteroatoms. The van der Waals surface area contributed by atoms with Gasteiger partial charge in [-0.25, -0.2) is 4.79 Å². The van der Waals surface area contributed by atoms with Crippen molar-refractivity contribution in [1.82, 2.24) is 4.90 Å². The molecule has 15 heavy (non-hydrogen) atoms. The van der Waals surface area contributed by atoms with Crippen LogP contribution < -0.4 is 0 Å². The van der Waals surface area contributed by atoms with Crippen LogP contribution in [-0.2, 0) is 11.3 Å². The molecular formula is C12H15NO2. The Kier molecular flexibility index (Phi) is 2.90. The zero-order valence-corrected chi connectivity index (χ0v) is 8.85. The first kappa shape index (κ1) is 10.0. The summed E-state index contributed by atoms with van der Waals surface area (Å²) >= 11 is 0. The van der Waals surface area contributed by atoms with Crippen LogP contribution >= 0.6 is 0 Å². The third-order valence-corrected chi connectivity index (χ3v) is 2.58. The first-order valence-electron chi connectivity index (χ1n) is 5.25. The molecule has 2 rings (SSSR count). The fraction of sp³-hybridized carbons (Fsp3) is 0.417. The topological polar surface area (TPSA) is 29.5 Å². The third kappa shape index (κ3) is 2.49. The minimum Gasteiger partial charge on any atom is -0.446 e. The molecule has 0 bridgehead atoms. The van der Waals surface area contributed by atoms with Crippen LogP contribution in [0.3, 0.4) is 0 Å². The molecule has 1 heterocycles. The second kappa shape index (κ2) is 4.34. The number of carbonyl (C=O) groups is 1. The van der Waals surface area contributed by atoms with Crippen molar-refractivity contribution in [2.75, 3.05) is 6.54 Å². The summed E-state index contributed by atoms with van der Waals surface area (Å²) in [6, 6.07) is 9.97. The molecule has 0 aromatic heterocycles. The summed E-state index contributed by atoms with van der Waals surface area (Å²) in [7, 11) is 0. The van der Waals surface area contributed by atoms with E-state index in [2.05, 4.69) is 0 Å². The van der Waals surface area contributed by atoms with Crippen molar-refractivity contribution in [2.45, 2.75) is 26.0 Å². The van der Waals surface area contributed by atoms with E-state index in [1.54, 1.807) is 4.90 Å². The van der Waals surface area contributed by atoms with Gasteiger partial charge in [0.25, 0.3) is 0 Å². The van der Waals surface area contributed by atoms with Crippen molar-refractivity contribution in [2.24, 2.45) is 0 Å². The molecule has 0 spiro atoms. The van der Waals surface area contributed by atoms with Gasteiger partial charge in [-0.1, -0.05) is 30.3 Å². The quantitative estimate of drug-likeness (QED) is 0.742. The highest BCUT2D eigenvalue weighted by molar-refractivity contribution is 5.68. The van der Waals surface area contributed by atoms with E-state index >= 15 is 0 Å². The van der Waals surface area contributed by atoms with Gasteiger partial charge < -0.3 is 9.64 Å². The second-order valence-electron chi connectivity index (χ2n) is 3.89. The van der Waals surface area contributed by atoms with Gasteiger partial charge in [0, 0.05) is 19.5 Å². The van der Waals surface area contributed by atoms with Gasteiger partial charge in [0.1, 0.15) is 6.10 Å². The lowest BCUT2D eigenvalue weighted by Gasteiger charge is -2.30. The normalized spacial score (nSPS) is 21.3. The lowest BCUT2D eigenvalue weighted by atomic mass is 10.2. The van der Waals surface area contributed by atoms with E-state index < -0.39 is 0 Å². The Hall–Kier alpha value is -1.51. The van der Waals surface area contributed by atoms with E-state index in [4.69, 9.17) is 4.74 Å². The molecule has 1 fully saturated rings. The molecule has 0 N–H and O–H groups in total. The summed E-state index contributed by atoms with van der Waals surface area (Å²) in [5, 5.41) is 0. The van der Waals surface area contributed by atoms with Crippen molar-refractivity contribution in [3.05, 3.63) is 35.9 Å². The van der Waals surface area contributed by atoms with Crippen LogP contribution in [0.4, 0.5) is 4.79 Å². The average molecular weight is 205 g/mol. The van der Waals surface area contributed by atoms with E-state index in [0.29, 0.717) is 6.54 Å². The van der Waals surface area contributed by atoms with Crippen LogP contribution in [0.2, 0.25) is 0 Å². The predicted molar refractivity (Wildman–Crippen MR) is 57.4 cm³/mol. The van der Waals surface area contributed by atoms with E-state index in [0.717, 1.165) is 18.5 Å². The molecule has 1 aromatic carbocycles. The molecule has 0 radical (unpaired) electrons. The Morgan fingerprint density at radius 1 is 1.40 bits per heavy atom. The molecular weight excluding hydrogens is 190 g/mol. The average Bonchev–Trinajstić information content (AvgIpc) is 2.24. The fourth-order valence-corrected chi connectivity index (χ4v) is 1.68. The molecule has 3 nitrogen and oxygen atoms in total. The van der Waals surface area contributed by atoms with Gasteiger partial charge in [-0.2, -0.15) is 0 Å². The highest BCUT2D eigenvalue weighted by Gasteiger charge is 2.23. The molecule has 1 amide bonds. The molecule has 1 aliphatic heterocycles. The van der Waals surface area contributed by atoms with Gasteiger partial charge in [0.15, 0.2) is 0 Å². The van der Waals surface area contributed by atoms with Gasteiger partial charge in [0.2, 0.25) is 0 Å². The maximum absolute atomic E-state index is 11.5.